The van der Waals surface area contributed by atoms with Gasteiger partial charge in [-0.25, -0.2) is 17.5 Å². The summed E-state index contributed by atoms with van der Waals surface area (Å²) >= 11 is 0. The molecule has 1 N–H and O–H groups in total. The van der Waals surface area contributed by atoms with Crippen LogP contribution >= 0.6 is 0 Å². The normalized spacial score (nSPS) is 15.7. The van der Waals surface area contributed by atoms with Crippen LogP contribution in [-0.4, -0.2) is 19.4 Å². The molecule has 0 atom stereocenters. The molecule has 1 aromatic rings. The zero-order chi connectivity index (χ0) is 13.5. The third-order valence-corrected chi connectivity index (χ3v) is 3.92. The van der Waals surface area contributed by atoms with E-state index >= 15 is 0 Å². The van der Waals surface area contributed by atoms with Crippen molar-refractivity contribution >= 4 is 15.7 Å². The number of hydrogen-bond acceptors (Lipinski definition) is 4. The molecule has 1 aliphatic rings. The predicted molar refractivity (Wildman–Crippen MR) is 56.4 cm³/mol. The van der Waals surface area contributed by atoms with Crippen LogP contribution in [0.1, 0.15) is 12.8 Å². The van der Waals surface area contributed by atoms with Gasteiger partial charge < -0.3 is 0 Å². The number of rotatable bonds is 4. The molecule has 0 spiro atoms. The van der Waals surface area contributed by atoms with Crippen LogP contribution in [0.4, 0.5) is 14.5 Å². The number of nitro benzene ring substituents is 1. The molecule has 0 radical (unpaired) electrons. The summed E-state index contributed by atoms with van der Waals surface area (Å²) in [5.41, 5.74) is -1.08. The highest BCUT2D eigenvalue weighted by Gasteiger charge is 2.32. The first-order valence-electron chi connectivity index (χ1n) is 4.97. The average Bonchev–Trinajstić information content (AvgIpc) is 2.99. The molecule has 9 heteroatoms. The number of sulfonamides is 1. The van der Waals surface area contributed by atoms with Crippen LogP contribution in [0.3, 0.4) is 0 Å². The summed E-state index contributed by atoms with van der Waals surface area (Å²) in [4.78, 5) is 8.45. The lowest BCUT2D eigenvalue weighted by atomic mass is 10.3. The van der Waals surface area contributed by atoms with E-state index in [1.807, 2.05) is 0 Å². The van der Waals surface area contributed by atoms with Gasteiger partial charge in [0.2, 0.25) is 15.8 Å². The summed E-state index contributed by atoms with van der Waals surface area (Å²) in [6.07, 6.45) is 1.26. The molecular formula is C9H8F2N2O4S. The smallest absolute Gasteiger partial charge is 0.258 e. The summed E-state index contributed by atoms with van der Waals surface area (Å²) in [6.45, 7) is 0. The molecule has 18 heavy (non-hydrogen) atoms. The second kappa shape index (κ2) is 4.25. The molecule has 0 unspecified atom stereocenters. The zero-order valence-corrected chi connectivity index (χ0v) is 9.71. The summed E-state index contributed by atoms with van der Waals surface area (Å²) in [5.74, 6) is -2.77. The van der Waals surface area contributed by atoms with Crippen LogP contribution < -0.4 is 4.72 Å². The Morgan fingerprint density at radius 3 is 2.39 bits per heavy atom. The van der Waals surface area contributed by atoms with Crippen molar-refractivity contribution in [1.82, 2.24) is 4.72 Å². The minimum absolute atomic E-state index is 0.194. The van der Waals surface area contributed by atoms with Crippen LogP contribution in [0.15, 0.2) is 17.0 Å². The summed E-state index contributed by atoms with van der Waals surface area (Å²) in [7, 11) is -4.20. The standard InChI is InChI=1S/C9H8F2N2O4S/c10-6-3-7(11)9(4-8(6)13(14)15)18(16,17)12-5-1-2-5/h3-5,12H,1-2H2. The Morgan fingerprint density at radius 1 is 1.28 bits per heavy atom. The van der Waals surface area contributed by atoms with E-state index in [9.17, 15) is 27.3 Å². The second-order valence-corrected chi connectivity index (χ2v) is 5.57. The van der Waals surface area contributed by atoms with Crippen molar-refractivity contribution in [3.8, 4) is 0 Å². The second-order valence-electron chi connectivity index (χ2n) is 3.89. The van der Waals surface area contributed by atoms with Gasteiger partial charge >= 0.3 is 5.69 Å². The van der Waals surface area contributed by atoms with Gasteiger partial charge in [-0.2, -0.15) is 4.39 Å². The van der Waals surface area contributed by atoms with Crippen molar-refractivity contribution < 1.29 is 22.1 Å². The van der Waals surface area contributed by atoms with Crippen LogP contribution in [0, 0.1) is 21.7 Å². The minimum Gasteiger partial charge on any atom is -0.258 e. The molecule has 98 valence electrons. The van der Waals surface area contributed by atoms with Crippen LogP contribution in [0.2, 0.25) is 0 Å². The molecule has 0 amide bonds. The SMILES string of the molecule is O=[N+]([O-])c1cc(S(=O)(=O)NC2CC2)c(F)cc1F. The van der Waals surface area contributed by atoms with Crippen LogP contribution in [0.5, 0.6) is 0 Å². The number of hydrogen-bond donors (Lipinski definition) is 1. The number of benzene rings is 1. The van der Waals surface area contributed by atoms with E-state index in [1.165, 1.54) is 0 Å². The number of nitro groups is 1. The zero-order valence-electron chi connectivity index (χ0n) is 8.89. The monoisotopic (exact) mass is 278 g/mol. The Balaban J connectivity index is 2.49. The fraction of sp³-hybridized carbons (Fsp3) is 0.333. The lowest BCUT2D eigenvalue weighted by molar-refractivity contribution is -0.387. The highest BCUT2D eigenvalue weighted by atomic mass is 32.2. The van der Waals surface area contributed by atoms with Crippen molar-refractivity contribution in [3.05, 3.63) is 33.9 Å². The molecule has 1 saturated carbocycles. The van der Waals surface area contributed by atoms with Crippen LogP contribution in [-0.2, 0) is 10.0 Å². The Kier molecular flexibility index (Phi) is 3.03. The molecular weight excluding hydrogens is 270 g/mol. The van der Waals surface area contributed by atoms with E-state index in [4.69, 9.17) is 0 Å². The average molecular weight is 278 g/mol. The maximum atomic E-state index is 13.4. The van der Waals surface area contributed by atoms with E-state index in [-0.39, 0.29) is 12.1 Å². The molecule has 0 aromatic heterocycles. The van der Waals surface area contributed by atoms with Gasteiger partial charge in [0, 0.05) is 18.2 Å². The summed E-state index contributed by atoms with van der Waals surface area (Å²) in [6, 6.07) is 0.299. The van der Waals surface area contributed by atoms with Crippen molar-refractivity contribution in [2.75, 3.05) is 0 Å². The fourth-order valence-corrected chi connectivity index (χ4v) is 2.73. The quantitative estimate of drug-likeness (QED) is 0.664. The molecule has 6 nitrogen and oxygen atoms in total. The molecule has 1 aliphatic carbocycles. The van der Waals surface area contributed by atoms with E-state index in [2.05, 4.69) is 4.72 Å². The number of nitrogens with zero attached hydrogens (tertiary/aromatic N) is 1. The van der Waals surface area contributed by atoms with Gasteiger partial charge in [0.15, 0.2) is 0 Å². The van der Waals surface area contributed by atoms with E-state index in [1.54, 1.807) is 0 Å². The number of halogens is 2. The lowest BCUT2D eigenvalue weighted by Gasteiger charge is -2.06. The van der Waals surface area contributed by atoms with Gasteiger partial charge in [0.25, 0.3) is 0 Å². The highest BCUT2D eigenvalue weighted by molar-refractivity contribution is 7.89. The van der Waals surface area contributed by atoms with E-state index < -0.39 is 37.2 Å². The number of nitrogens with one attached hydrogen (secondary N) is 1. The molecule has 0 saturated heterocycles. The van der Waals surface area contributed by atoms with Crippen molar-refractivity contribution in [2.45, 2.75) is 23.8 Å². The summed E-state index contributed by atoms with van der Waals surface area (Å²) < 4.78 is 52.0. The fourth-order valence-electron chi connectivity index (χ4n) is 1.35. The van der Waals surface area contributed by atoms with Gasteiger partial charge in [-0.05, 0) is 12.8 Å². The Labute approximate surface area is 101 Å². The largest absolute Gasteiger partial charge is 0.306 e. The van der Waals surface area contributed by atoms with Gasteiger partial charge in [-0.1, -0.05) is 0 Å². The predicted octanol–water partition coefficient (Wildman–Crippen LogP) is 1.31. The molecule has 1 fully saturated rings. The maximum Gasteiger partial charge on any atom is 0.306 e. The van der Waals surface area contributed by atoms with Crippen LogP contribution in [0.25, 0.3) is 0 Å². The van der Waals surface area contributed by atoms with E-state index in [0.717, 1.165) is 0 Å². The van der Waals surface area contributed by atoms with Gasteiger partial charge in [0.1, 0.15) is 10.7 Å². The van der Waals surface area contributed by atoms with Crippen molar-refractivity contribution in [3.63, 3.8) is 0 Å². The third-order valence-electron chi connectivity index (χ3n) is 2.39. The molecule has 2 rings (SSSR count). The first-order valence-corrected chi connectivity index (χ1v) is 6.45. The lowest BCUT2D eigenvalue weighted by Crippen LogP contribution is -2.26. The topological polar surface area (TPSA) is 89.3 Å². The Bertz CT molecular complexity index is 613. The molecule has 0 bridgehead atoms. The van der Waals surface area contributed by atoms with Crippen molar-refractivity contribution in [2.24, 2.45) is 0 Å². The Hall–Kier alpha value is -1.61. The molecule has 0 heterocycles. The van der Waals surface area contributed by atoms with Gasteiger partial charge in [0.05, 0.1) is 4.92 Å². The first kappa shape index (κ1) is 12.8. The van der Waals surface area contributed by atoms with Gasteiger partial charge in [-0.3, -0.25) is 10.1 Å². The van der Waals surface area contributed by atoms with E-state index in [0.29, 0.717) is 18.9 Å². The Morgan fingerprint density at radius 2 is 1.89 bits per heavy atom. The molecule has 0 aliphatic heterocycles. The molecule has 1 aromatic carbocycles. The maximum absolute atomic E-state index is 13.4. The van der Waals surface area contributed by atoms with Crippen molar-refractivity contribution in [1.29, 1.82) is 0 Å². The van der Waals surface area contributed by atoms with Gasteiger partial charge in [-0.15, -0.1) is 0 Å². The summed E-state index contributed by atoms with van der Waals surface area (Å²) in [5, 5.41) is 10.5. The third kappa shape index (κ3) is 2.46. The first-order chi connectivity index (χ1) is 8.31. The minimum atomic E-state index is -4.20. The highest BCUT2D eigenvalue weighted by Crippen LogP contribution is 2.27.